The van der Waals surface area contributed by atoms with Gasteiger partial charge in [-0.25, -0.2) is 0 Å². The third-order valence-corrected chi connectivity index (χ3v) is 4.61. The van der Waals surface area contributed by atoms with Crippen molar-refractivity contribution in [1.29, 1.82) is 0 Å². The summed E-state index contributed by atoms with van der Waals surface area (Å²) in [5, 5.41) is 0. The van der Waals surface area contributed by atoms with Crippen LogP contribution in [0.15, 0.2) is 53.0 Å². The number of hydrogen-bond donors (Lipinski definition) is 1. The van der Waals surface area contributed by atoms with E-state index in [1.165, 1.54) is 5.56 Å². The van der Waals surface area contributed by atoms with Gasteiger partial charge < -0.3 is 10.6 Å². The number of halogens is 1. The van der Waals surface area contributed by atoms with Crippen molar-refractivity contribution in [3.8, 4) is 0 Å². The van der Waals surface area contributed by atoms with Gasteiger partial charge in [-0.15, -0.1) is 0 Å². The van der Waals surface area contributed by atoms with E-state index in [4.69, 9.17) is 5.73 Å². The van der Waals surface area contributed by atoms with Crippen molar-refractivity contribution < 1.29 is 4.79 Å². The maximum atomic E-state index is 12.7. The Morgan fingerprint density at radius 3 is 2.82 bits per heavy atom. The molecular weight excluding hydrogens is 340 g/mol. The van der Waals surface area contributed by atoms with Gasteiger partial charge >= 0.3 is 0 Å². The van der Waals surface area contributed by atoms with Gasteiger partial charge in [-0.05, 0) is 48.2 Å². The highest BCUT2D eigenvalue weighted by Gasteiger charge is 2.29. The van der Waals surface area contributed by atoms with Crippen LogP contribution in [0.25, 0.3) is 0 Å². The molecule has 1 unspecified atom stereocenters. The molecule has 0 aliphatic carbocycles. The molecule has 1 heterocycles. The van der Waals surface area contributed by atoms with Gasteiger partial charge in [0, 0.05) is 16.7 Å². The first-order valence-electron chi connectivity index (χ1n) is 7.53. The van der Waals surface area contributed by atoms with Crippen LogP contribution < -0.4 is 5.73 Å². The molecule has 0 bridgehead atoms. The molecule has 1 aliphatic heterocycles. The van der Waals surface area contributed by atoms with Crippen LogP contribution in [0, 0.1) is 0 Å². The first-order valence-corrected chi connectivity index (χ1v) is 8.32. The third kappa shape index (κ3) is 3.33. The molecule has 114 valence electrons. The average molecular weight is 359 g/mol. The summed E-state index contributed by atoms with van der Waals surface area (Å²) in [4.78, 5) is 14.7. The van der Waals surface area contributed by atoms with E-state index in [0.717, 1.165) is 29.4 Å². The number of hydrogen-bond acceptors (Lipinski definition) is 2. The second kappa shape index (κ2) is 6.53. The van der Waals surface area contributed by atoms with E-state index in [-0.39, 0.29) is 11.9 Å². The highest BCUT2D eigenvalue weighted by molar-refractivity contribution is 9.10. The summed E-state index contributed by atoms with van der Waals surface area (Å²) in [6, 6.07) is 16.0. The molecule has 2 aromatic rings. The minimum Gasteiger partial charge on any atom is -0.399 e. The number of carbonyl (C=O) groups is 1. The molecule has 22 heavy (non-hydrogen) atoms. The van der Waals surface area contributed by atoms with Gasteiger partial charge in [0.2, 0.25) is 5.91 Å². The van der Waals surface area contributed by atoms with E-state index >= 15 is 0 Å². The summed E-state index contributed by atoms with van der Waals surface area (Å²) in [7, 11) is 0. The first kappa shape index (κ1) is 15.1. The topological polar surface area (TPSA) is 46.3 Å². The number of nitrogen functional groups attached to an aromatic ring is 1. The number of carbonyl (C=O) groups excluding carboxylic acids is 1. The molecule has 0 aromatic heterocycles. The van der Waals surface area contributed by atoms with Gasteiger partial charge in [0.25, 0.3) is 0 Å². The van der Waals surface area contributed by atoms with Crippen LogP contribution in [-0.4, -0.2) is 17.4 Å². The number of rotatable bonds is 3. The summed E-state index contributed by atoms with van der Waals surface area (Å²) in [5.74, 6) is 0.174. The number of nitrogens with zero attached hydrogens (tertiary/aromatic N) is 1. The lowest BCUT2D eigenvalue weighted by atomic mass is 10.0. The molecule has 3 nitrogen and oxygen atoms in total. The van der Waals surface area contributed by atoms with Crippen LogP contribution in [0.1, 0.15) is 30.0 Å². The molecule has 3 rings (SSSR count). The van der Waals surface area contributed by atoms with Crippen molar-refractivity contribution >= 4 is 27.5 Å². The second-order valence-corrected chi connectivity index (χ2v) is 6.64. The van der Waals surface area contributed by atoms with Crippen LogP contribution in [0.4, 0.5) is 5.69 Å². The van der Waals surface area contributed by atoms with Crippen molar-refractivity contribution in [2.24, 2.45) is 0 Å². The molecule has 0 spiro atoms. The molecular formula is C18H19BrN2O. The molecule has 0 radical (unpaired) electrons. The quantitative estimate of drug-likeness (QED) is 0.844. The molecule has 2 aromatic carbocycles. The van der Waals surface area contributed by atoms with Gasteiger partial charge in [-0.1, -0.05) is 40.2 Å². The van der Waals surface area contributed by atoms with Crippen molar-refractivity contribution in [3.05, 3.63) is 64.1 Å². The van der Waals surface area contributed by atoms with E-state index in [1.807, 2.05) is 41.3 Å². The maximum Gasteiger partial charge on any atom is 0.227 e. The fourth-order valence-electron chi connectivity index (χ4n) is 3.10. The number of anilines is 1. The SMILES string of the molecule is Nc1cccc(CC(=O)N2CCCC2c2cccc(Br)c2)c1. The van der Waals surface area contributed by atoms with E-state index in [9.17, 15) is 4.79 Å². The van der Waals surface area contributed by atoms with Gasteiger partial charge in [0.05, 0.1) is 12.5 Å². The third-order valence-electron chi connectivity index (χ3n) is 4.11. The molecule has 1 amide bonds. The summed E-state index contributed by atoms with van der Waals surface area (Å²) >= 11 is 3.51. The minimum absolute atomic E-state index is 0.174. The molecule has 2 N–H and O–H groups in total. The summed E-state index contributed by atoms with van der Waals surface area (Å²) in [6.45, 7) is 0.832. The zero-order chi connectivity index (χ0) is 15.5. The Balaban J connectivity index is 1.76. The zero-order valence-electron chi connectivity index (χ0n) is 12.3. The van der Waals surface area contributed by atoms with E-state index in [2.05, 4.69) is 28.1 Å². The van der Waals surface area contributed by atoms with Crippen molar-refractivity contribution in [2.75, 3.05) is 12.3 Å². The van der Waals surface area contributed by atoms with Crippen molar-refractivity contribution in [2.45, 2.75) is 25.3 Å². The second-order valence-electron chi connectivity index (χ2n) is 5.72. The van der Waals surface area contributed by atoms with Crippen LogP contribution in [0.5, 0.6) is 0 Å². The Hall–Kier alpha value is -1.81. The molecule has 0 saturated carbocycles. The highest BCUT2D eigenvalue weighted by atomic mass is 79.9. The molecule has 1 saturated heterocycles. The minimum atomic E-state index is 0.174. The van der Waals surface area contributed by atoms with E-state index in [0.29, 0.717) is 12.1 Å². The lowest BCUT2D eigenvalue weighted by Crippen LogP contribution is -2.31. The van der Waals surface area contributed by atoms with Crippen LogP contribution in [0.3, 0.4) is 0 Å². The molecule has 1 fully saturated rings. The molecule has 1 aliphatic rings. The average Bonchev–Trinajstić information content (AvgIpc) is 2.97. The predicted molar refractivity (Wildman–Crippen MR) is 92.4 cm³/mol. The highest BCUT2D eigenvalue weighted by Crippen LogP contribution is 2.33. The van der Waals surface area contributed by atoms with Crippen LogP contribution in [-0.2, 0) is 11.2 Å². The van der Waals surface area contributed by atoms with Crippen molar-refractivity contribution in [1.82, 2.24) is 4.90 Å². The van der Waals surface area contributed by atoms with E-state index < -0.39 is 0 Å². The summed E-state index contributed by atoms with van der Waals surface area (Å²) in [6.07, 6.45) is 2.49. The van der Waals surface area contributed by atoms with Crippen LogP contribution >= 0.6 is 15.9 Å². The van der Waals surface area contributed by atoms with Gasteiger partial charge in [-0.2, -0.15) is 0 Å². The number of benzene rings is 2. The van der Waals surface area contributed by atoms with E-state index in [1.54, 1.807) is 0 Å². The fourth-order valence-corrected chi connectivity index (χ4v) is 3.52. The van der Waals surface area contributed by atoms with Gasteiger partial charge in [0.15, 0.2) is 0 Å². The number of likely N-dealkylation sites (tertiary alicyclic amines) is 1. The normalized spacial score (nSPS) is 17.7. The number of amides is 1. The molecule has 4 heteroatoms. The Kier molecular flexibility index (Phi) is 4.48. The largest absolute Gasteiger partial charge is 0.399 e. The monoisotopic (exact) mass is 358 g/mol. The summed E-state index contributed by atoms with van der Waals surface area (Å²) < 4.78 is 1.06. The Labute approximate surface area is 139 Å². The Morgan fingerprint density at radius 1 is 1.23 bits per heavy atom. The Morgan fingerprint density at radius 2 is 2.05 bits per heavy atom. The predicted octanol–water partition coefficient (Wildman–Crippen LogP) is 3.94. The van der Waals surface area contributed by atoms with Gasteiger partial charge in [-0.3, -0.25) is 4.79 Å². The van der Waals surface area contributed by atoms with Crippen molar-refractivity contribution in [3.63, 3.8) is 0 Å². The standard InChI is InChI=1S/C18H19BrN2O/c19-15-6-2-5-14(12-15)17-8-3-9-21(17)18(22)11-13-4-1-7-16(20)10-13/h1-2,4-7,10,12,17H,3,8-9,11,20H2. The Bertz CT molecular complexity index is 686. The lowest BCUT2D eigenvalue weighted by Gasteiger charge is -2.25. The molecule has 1 atom stereocenters. The first-order chi connectivity index (χ1) is 10.6. The fraction of sp³-hybridized carbons (Fsp3) is 0.278. The lowest BCUT2D eigenvalue weighted by molar-refractivity contribution is -0.131. The van der Waals surface area contributed by atoms with Gasteiger partial charge in [0.1, 0.15) is 0 Å². The smallest absolute Gasteiger partial charge is 0.227 e. The van der Waals surface area contributed by atoms with Crippen LogP contribution in [0.2, 0.25) is 0 Å². The number of nitrogens with two attached hydrogens (primary N) is 1. The maximum absolute atomic E-state index is 12.7. The zero-order valence-corrected chi connectivity index (χ0v) is 13.9. The summed E-state index contributed by atoms with van der Waals surface area (Å²) in [5.41, 5.74) is 8.68.